The van der Waals surface area contributed by atoms with Crippen LogP contribution in [0.15, 0.2) is 42.5 Å². The largest absolute Gasteiger partial charge is 0.497 e. The Morgan fingerprint density at radius 1 is 1.00 bits per heavy atom. The maximum atomic E-state index is 12.5. The Kier molecular flexibility index (Phi) is 5.33. The number of hydrogen-bond donors (Lipinski definition) is 0. The van der Waals surface area contributed by atoms with Crippen LogP contribution in [0.4, 0.5) is 13.2 Å². The Hall–Kier alpha value is -2.70. The molecular weight excluding hydrogens is 325 g/mol. The third-order valence-electron chi connectivity index (χ3n) is 3.29. The first-order chi connectivity index (χ1) is 11.3. The summed E-state index contributed by atoms with van der Waals surface area (Å²) in [6.45, 7) is -0.0970. The molecule has 0 aromatic heterocycles. The number of rotatable bonds is 5. The molecule has 0 unspecified atom stereocenters. The van der Waals surface area contributed by atoms with Gasteiger partial charge in [0.15, 0.2) is 0 Å². The molecule has 0 N–H and O–H groups in total. The number of methoxy groups -OCH3 is 2. The molecule has 0 spiro atoms. The molecular formula is C17H15F3O4. The lowest BCUT2D eigenvalue weighted by atomic mass is 10.1. The van der Waals surface area contributed by atoms with Crippen LogP contribution in [-0.4, -0.2) is 20.2 Å². The Morgan fingerprint density at radius 3 is 2.21 bits per heavy atom. The Labute approximate surface area is 136 Å². The number of carbonyl (C=O) groups excluding carboxylic acids is 1. The summed E-state index contributed by atoms with van der Waals surface area (Å²) in [6, 6.07) is 8.84. The van der Waals surface area contributed by atoms with Gasteiger partial charge in [-0.05, 0) is 42.5 Å². The molecule has 0 fully saturated rings. The maximum absolute atomic E-state index is 12.5. The number of hydrogen-bond acceptors (Lipinski definition) is 4. The third-order valence-corrected chi connectivity index (χ3v) is 3.29. The lowest BCUT2D eigenvalue weighted by Crippen LogP contribution is -2.08. The zero-order valence-corrected chi connectivity index (χ0v) is 13.0. The minimum atomic E-state index is -4.45. The maximum Gasteiger partial charge on any atom is 0.416 e. The molecule has 24 heavy (non-hydrogen) atoms. The van der Waals surface area contributed by atoms with Gasteiger partial charge in [-0.3, -0.25) is 0 Å². The second-order valence-electron chi connectivity index (χ2n) is 4.83. The second kappa shape index (κ2) is 7.25. The van der Waals surface area contributed by atoms with E-state index < -0.39 is 17.7 Å². The van der Waals surface area contributed by atoms with Crippen LogP contribution in [0, 0.1) is 0 Å². The molecule has 0 aliphatic heterocycles. The van der Waals surface area contributed by atoms with E-state index in [0.717, 1.165) is 24.3 Å². The van der Waals surface area contributed by atoms with Crippen LogP contribution in [0.2, 0.25) is 0 Å². The average Bonchev–Trinajstić information content (AvgIpc) is 2.58. The highest BCUT2D eigenvalue weighted by Crippen LogP contribution is 2.29. The van der Waals surface area contributed by atoms with Crippen LogP contribution in [-0.2, 0) is 17.5 Å². The summed E-state index contributed by atoms with van der Waals surface area (Å²) in [5.41, 5.74) is -0.213. The monoisotopic (exact) mass is 340 g/mol. The smallest absolute Gasteiger partial charge is 0.416 e. The molecule has 7 heteroatoms. The fraction of sp³-hybridized carbons (Fsp3) is 0.235. The van der Waals surface area contributed by atoms with Crippen LogP contribution >= 0.6 is 0 Å². The van der Waals surface area contributed by atoms with Gasteiger partial charge in [0.25, 0.3) is 0 Å². The van der Waals surface area contributed by atoms with Crippen LogP contribution < -0.4 is 9.47 Å². The van der Waals surface area contributed by atoms with Crippen molar-refractivity contribution >= 4 is 5.97 Å². The second-order valence-corrected chi connectivity index (χ2v) is 4.83. The molecule has 128 valence electrons. The zero-order valence-electron chi connectivity index (χ0n) is 13.0. The van der Waals surface area contributed by atoms with E-state index in [-0.39, 0.29) is 12.2 Å². The number of benzene rings is 2. The van der Waals surface area contributed by atoms with Crippen molar-refractivity contribution < 1.29 is 32.2 Å². The molecule has 4 nitrogen and oxygen atoms in total. The Bertz CT molecular complexity index is 709. The first kappa shape index (κ1) is 17.7. The van der Waals surface area contributed by atoms with E-state index in [1.54, 1.807) is 18.2 Å². The van der Waals surface area contributed by atoms with Gasteiger partial charge in [0.1, 0.15) is 18.1 Å². The summed E-state index contributed by atoms with van der Waals surface area (Å²) in [7, 11) is 2.97. The molecule has 2 aromatic rings. The van der Waals surface area contributed by atoms with E-state index in [2.05, 4.69) is 0 Å². The highest BCUT2D eigenvalue weighted by molar-refractivity contribution is 5.89. The van der Waals surface area contributed by atoms with E-state index >= 15 is 0 Å². The predicted octanol–water partition coefficient (Wildman–Crippen LogP) is 4.08. The lowest BCUT2D eigenvalue weighted by molar-refractivity contribution is -0.137. The minimum Gasteiger partial charge on any atom is -0.497 e. The van der Waals surface area contributed by atoms with E-state index in [4.69, 9.17) is 14.2 Å². The summed E-state index contributed by atoms with van der Waals surface area (Å²) in [6.07, 6.45) is -4.45. The van der Waals surface area contributed by atoms with E-state index in [1.165, 1.54) is 14.2 Å². The number of halogens is 3. The van der Waals surface area contributed by atoms with Crippen LogP contribution in [0.5, 0.6) is 11.5 Å². The molecule has 0 amide bonds. The first-order valence-electron chi connectivity index (χ1n) is 6.90. The highest BCUT2D eigenvalue weighted by atomic mass is 19.4. The molecule has 2 rings (SSSR count). The van der Waals surface area contributed by atoms with Crippen molar-refractivity contribution in [2.75, 3.05) is 14.2 Å². The van der Waals surface area contributed by atoms with Gasteiger partial charge in [-0.1, -0.05) is 0 Å². The summed E-state index contributed by atoms with van der Waals surface area (Å²) < 4.78 is 52.9. The number of alkyl halides is 3. The normalized spacial score (nSPS) is 11.0. The fourth-order valence-electron chi connectivity index (χ4n) is 2.02. The van der Waals surface area contributed by atoms with Crippen molar-refractivity contribution in [2.45, 2.75) is 12.8 Å². The first-order valence-corrected chi connectivity index (χ1v) is 6.90. The van der Waals surface area contributed by atoms with E-state index in [9.17, 15) is 18.0 Å². The fourth-order valence-corrected chi connectivity index (χ4v) is 2.02. The summed E-state index contributed by atoms with van der Waals surface area (Å²) in [5, 5.41) is 0. The standard InChI is InChI=1S/C17H15F3O4/c1-22-14-7-8-15(23-2)12(9-14)10-24-16(21)11-3-5-13(6-4-11)17(18,19)20/h3-9H,10H2,1-2H3. The minimum absolute atomic E-state index is 0.0323. The van der Waals surface area contributed by atoms with Crippen molar-refractivity contribution in [3.05, 3.63) is 59.2 Å². The van der Waals surface area contributed by atoms with Crippen molar-refractivity contribution in [3.63, 3.8) is 0 Å². The van der Waals surface area contributed by atoms with Gasteiger partial charge < -0.3 is 14.2 Å². The van der Waals surface area contributed by atoms with Crippen LogP contribution in [0.25, 0.3) is 0 Å². The van der Waals surface area contributed by atoms with E-state index in [0.29, 0.717) is 17.1 Å². The lowest BCUT2D eigenvalue weighted by Gasteiger charge is -2.11. The molecule has 0 bridgehead atoms. The van der Waals surface area contributed by atoms with Gasteiger partial charge in [-0.25, -0.2) is 4.79 Å². The quantitative estimate of drug-likeness (QED) is 0.770. The summed E-state index contributed by atoms with van der Waals surface area (Å²) in [5.74, 6) is 0.348. The molecule has 0 saturated heterocycles. The molecule has 0 heterocycles. The van der Waals surface area contributed by atoms with Gasteiger partial charge in [0, 0.05) is 5.56 Å². The van der Waals surface area contributed by atoms with Crippen LogP contribution in [0.1, 0.15) is 21.5 Å². The van der Waals surface area contributed by atoms with Crippen molar-refractivity contribution in [3.8, 4) is 11.5 Å². The predicted molar refractivity (Wildman–Crippen MR) is 80.1 cm³/mol. The van der Waals surface area contributed by atoms with E-state index in [1.807, 2.05) is 0 Å². The average molecular weight is 340 g/mol. The molecule has 2 aromatic carbocycles. The molecule has 0 aliphatic rings. The topological polar surface area (TPSA) is 44.8 Å². The van der Waals surface area contributed by atoms with Crippen molar-refractivity contribution in [2.24, 2.45) is 0 Å². The number of esters is 1. The third kappa shape index (κ3) is 4.18. The van der Waals surface area contributed by atoms with Crippen molar-refractivity contribution in [1.29, 1.82) is 0 Å². The van der Waals surface area contributed by atoms with Gasteiger partial charge in [0.2, 0.25) is 0 Å². The number of carbonyl (C=O) groups is 1. The van der Waals surface area contributed by atoms with Gasteiger partial charge in [-0.15, -0.1) is 0 Å². The zero-order chi connectivity index (χ0) is 17.7. The SMILES string of the molecule is COc1ccc(OC)c(COC(=O)c2ccc(C(F)(F)F)cc2)c1. The molecule has 0 atom stereocenters. The van der Waals surface area contributed by atoms with Gasteiger partial charge >= 0.3 is 12.1 Å². The molecule has 0 aliphatic carbocycles. The molecule has 0 saturated carbocycles. The highest BCUT2D eigenvalue weighted by Gasteiger charge is 2.30. The van der Waals surface area contributed by atoms with Gasteiger partial charge in [-0.2, -0.15) is 13.2 Å². The Balaban J connectivity index is 2.08. The Morgan fingerprint density at radius 2 is 1.67 bits per heavy atom. The number of ether oxygens (including phenoxy) is 3. The van der Waals surface area contributed by atoms with Crippen molar-refractivity contribution in [1.82, 2.24) is 0 Å². The van der Waals surface area contributed by atoms with Gasteiger partial charge in [0.05, 0.1) is 25.3 Å². The summed E-state index contributed by atoms with van der Waals surface area (Å²) >= 11 is 0. The summed E-state index contributed by atoms with van der Waals surface area (Å²) in [4.78, 5) is 12.0. The van der Waals surface area contributed by atoms with Crippen LogP contribution in [0.3, 0.4) is 0 Å². The molecule has 0 radical (unpaired) electrons.